The number of nitrogens with zero attached hydrogens (tertiary/aromatic N) is 2. The van der Waals surface area contributed by atoms with Gasteiger partial charge in [0.1, 0.15) is 6.04 Å². The van der Waals surface area contributed by atoms with Gasteiger partial charge >= 0.3 is 0 Å². The van der Waals surface area contributed by atoms with E-state index in [0.717, 1.165) is 0 Å². The van der Waals surface area contributed by atoms with Gasteiger partial charge in [0.05, 0.1) is 22.7 Å². The molecule has 0 spiro atoms. The zero-order chi connectivity index (χ0) is 20.9. The van der Waals surface area contributed by atoms with Crippen LogP contribution in [-0.4, -0.2) is 48.7 Å². The lowest BCUT2D eigenvalue weighted by molar-refractivity contribution is -0.129. The summed E-state index contributed by atoms with van der Waals surface area (Å²) in [6, 6.07) is 10.8. The summed E-state index contributed by atoms with van der Waals surface area (Å²) in [5, 5.41) is 5.37. The van der Waals surface area contributed by atoms with Gasteiger partial charge in [0.2, 0.25) is 21.8 Å². The average molecular weight is 417 g/mol. The van der Waals surface area contributed by atoms with E-state index in [-0.39, 0.29) is 23.3 Å². The van der Waals surface area contributed by atoms with Gasteiger partial charge in [0.15, 0.2) is 0 Å². The fourth-order valence-corrected chi connectivity index (χ4v) is 4.75. The van der Waals surface area contributed by atoms with Gasteiger partial charge in [-0.3, -0.25) is 14.6 Å². The van der Waals surface area contributed by atoms with Gasteiger partial charge in [-0.2, -0.15) is 4.31 Å². The first-order valence-electron chi connectivity index (χ1n) is 9.44. The number of sulfonamides is 1. The van der Waals surface area contributed by atoms with E-state index in [4.69, 9.17) is 0 Å². The van der Waals surface area contributed by atoms with Crippen molar-refractivity contribution in [2.75, 3.05) is 18.4 Å². The largest absolute Gasteiger partial charge is 0.344 e. The molecule has 2 heterocycles. The van der Waals surface area contributed by atoms with Crippen LogP contribution in [0.2, 0.25) is 0 Å². The molecule has 1 aliphatic heterocycles. The standard InChI is InChI=1S/C20H24N4O4S/c1-15(19(25)23-17-8-5-11-21-13-17)22-20(26)16-7-6-12-24(14-16)29(27,28)18-9-3-2-4-10-18/h2-5,8-11,13,15-16H,6-7,12,14H2,1H3,(H,22,26)(H,23,25)/t15-,16+/m0/s1. The molecular formula is C20H24N4O4S. The van der Waals surface area contributed by atoms with Crippen LogP contribution in [0, 0.1) is 5.92 Å². The van der Waals surface area contributed by atoms with E-state index in [1.165, 1.54) is 10.5 Å². The molecule has 8 nitrogen and oxygen atoms in total. The van der Waals surface area contributed by atoms with Crippen molar-refractivity contribution < 1.29 is 18.0 Å². The Hall–Kier alpha value is -2.78. The van der Waals surface area contributed by atoms with Crippen LogP contribution in [0.4, 0.5) is 5.69 Å². The minimum atomic E-state index is -3.65. The van der Waals surface area contributed by atoms with E-state index >= 15 is 0 Å². The molecule has 29 heavy (non-hydrogen) atoms. The van der Waals surface area contributed by atoms with E-state index in [1.54, 1.807) is 55.6 Å². The van der Waals surface area contributed by atoms with Gasteiger partial charge in [0, 0.05) is 19.3 Å². The Morgan fingerprint density at radius 1 is 1.17 bits per heavy atom. The number of carbonyl (C=O) groups excluding carboxylic acids is 2. The lowest BCUT2D eigenvalue weighted by atomic mass is 9.98. The van der Waals surface area contributed by atoms with Crippen molar-refractivity contribution in [2.45, 2.75) is 30.7 Å². The molecule has 1 saturated heterocycles. The zero-order valence-electron chi connectivity index (χ0n) is 16.1. The normalized spacial score (nSPS) is 18.6. The molecule has 3 rings (SSSR count). The van der Waals surface area contributed by atoms with Gasteiger partial charge in [0.25, 0.3) is 0 Å². The predicted molar refractivity (Wildman–Crippen MR) is 108 cm³/mol. The molecule has 2 N–H and O–H groups in total. The topological polar surface area (TPSA) is 108 Å². The average Bonchev–Trinajstić information content (AvgIpc) is 2.75. The van der Waals surface area contributed by atoms with Crippen molar-refractivity contribution in [3.8, 4) is 0 Å². The number of amides is 2. The fraction of sp³-hybridized carbons (Fsp3) is 0.350. The van der Waals surface area contributed by atoms with Crippen molar-refractivity contribution in [2.24, 2.45) is 5.92 Å². The SMILES string of the molecule is C[C@H](NC(=O)[C@@H]1CCCN(S(=O)(=O)c2ccccc2)C1)C(=O)Nc1cccnc1. The third kappa shape index (κ3) is 5.18. The van der Waals surface area contributed by atoms with E-state index < -0.39 is 22.0 Å². The highest BCUT2D eigenvalue weighted by Crippen LogP contribution is 2.24. The second-order valence-electron chi connectivity index (χ2n) is 6.98. The van der Waals surface area contributed by atoms with Crippen molar-refractivity contribution in [1.82, 2.24) is 14.6 Å². The highest BCUT2D eigenvalue weighted by atomic mass is 32.2. The quantitative estimate of drug-likeness (QED) is 0.744. The molecule has 0 saturated carbocycles. The number of rotatable bonds is 6. The lowest BCUT2D eigenvalue weighted by Crippen LogP contribution is -2.49. The Bertz CT molecular complexity index is 951. The highest BCUT2D eigenvalue weighted by Gasteiger charge is 2.34. The minimum Gasteiger partial charge on any atom is -0.344 e. The number of pyridine rings is 1. The molecule has 154 valence electrons. The molecule has 2 atom stereocenters. The van der Waals surface area contributed by atoms with Crippen LogP contribution in [0.3, 0.4) is 0 Å². The Morgan fingerprint density at radius 2 is 1.93 bits per heavy atom. The number of aromatic nitrogens is 1. The van der Waals surface area contributed by atoms with Crippen LogP contribution in [-0.2, 0) is 19.6 Å². The van der Waals surface area contributed by atoms with E-state index in [1.807, 2.05) is 0 Å². The summed E-state index contributed by atoms with van der Waals surface area (Å²) in [7, 11) is -3.65. The summed E-state index contributed by atoms with van der Waals surface area (Å²) in [5.74, 6) is -1.20. The second kappa shape index (κ2) is 9.15. The maximum absolute atomic E-state index is 12.8. The predicted octanol–water partition coefficient (Wildman–Crippen LogP) is 1.63. The number of piperidine rings is 1. The van der Waals surface area contributed by atoms with Crippen LogP contribution in [0.5, 0.6) is 0 Å². The Balaban J connectivity index is 1.60. The molecule has 0 aliphatic carbocycles. The van der Waals surface area contributed by atoms with Crippen molar-refractivity contribution >= 4 is 27.5 Å². The monoisotopic (exact) mass is 416 g/mol. The van der Waals surface area contributed by atoms with Crippen LogP contribution in [0.15, 0.2) is 59.8 Å². The van der Waals surface area contributed by atoms with Gasteiger partial charge in [-0.05, 0) is 44.0 Å². The van der Waals surface area contributed by atoms with Crippen LogP contribution in [0.25, 0.3) is 0 Å². The van der Waals surface area contributed by atoms with Gasteiger partial charge in [-0.1, -0.05) is 18.2 Å². The van der Waals surface area contributed by atoms with Crippen molar-refractivity contribution in [3.05, 3.63) is 54.9 Å². The number of nitrogens with one attached hydrogen (secondary N) is 2. The van der Waals surface area contributed by atoms with E-state index in [0.29, 0.717) is 25.1 Å². The number of carbonyl (C=O) groups is 2. The summed E-state index contributed by atoms with van der Waals surface area (Å²) < 4.78 is 27.0. The summed E-state index contributed by atoms with van der Waals surface area (Å²) in [6.45, 7) is 2.06. The minimum absolute atomic E-state index is 0.0972. The number of hydrogen-bond acceptors (Lipinski definition) is 5. The molecule has 1 aromatic carbocycles. The summed E-state index contributed by atoms with van der Waals surface area (Å²) in [4.78, 5) is 29.1. The van der Waals surface area contributed by atoms with Crippen molar-refractivity contribution in [1.29, 1.82) is 0 Å². The fourth-order valence-electron chi connectivity index (χ4n) is 3.20. The Labute approximate surface area is 170 Å². The molecular weight excluding hydrogens is 392 g/mol. The molecule has 2 aromatic rings. The van der Waals surface area contributed by atoms with Crippen LogP contribution in [0.1, 0.15) is 19.8 Å². The molecule has 0 unspecified atom stereocenters. The third-order valence-electron chi connectivity index (χ3n) is 4.82. The van der Waals surface area contributed by atoms with Gasteiger partial charge < -0.3 is 10.6 Å². The van der Waals surface area contributed by atoms with E-state index in [9.17, 15) is 18.0 Å². The Kier molecular flexibility index (Phi) is 6.60. The summed E-state index contributed by atoms with van der Waals surface area (Å²) >= 11 is 0. The first-order chi connectivity index (χ1) is 13.9. The molecule has 1 fully saturated rings. The molecule has 1 aromatic heterocycles. The highest BCUT2D eigenvalue weighted by molar-refractivity contribution is 7.89. The molecule has 2 amide bonds. The third-order valence-corrected chi connectivity index (χ3v) is 6.70. The zero-order valence-corrected chi connectivity index (χ0v) is 16.9. The van der Waals surface area contributed by atoms with Crippen LogP contribution < -0.4 is 10.6 Å². The maximum atomic E-state index is 12.8. The molecule has 9 heteroatoms. The lowest BCUT2D eigenvalue weighted by Gasteiger charge is -2.31. The number of hydrogen-bond donors (Lipinski definition) is 2. The molecule has 0 bridgehead atoms. The summed E-state index contributed by atoms with van der Waals surface area (Å²) in [5.41, 5.74) is 0.538. The number of benzene rings is 1. The van der Waals surface area contributed by atoms with Gasteiger partial charge in [-0.15, -0.1) is 0 Å². The maximum Gasteiger partial charge on any atom is 0.246 e. The smallest absolute Gasteiger partial charge is 0.246 e. The Morgan fingerprint density at radius 3 is 2.62 bits per heavy atom. The molecule has 0 radical (unpaired) electrons. The second-order valence-corrected chi connectivity index (χ2v) is 8.91. The van der Waals surface area contributed by atoms with Crippen molar-refractivity contribution in [3.63, 3.8) is 0 Å². The summed E-state index contributed by atoms with van der Waals surface area (Å²) in [6.07, 6.45) is 4.27. The number of anilines is 1. The first kappa shape index (κ1) is 20.9. The van der Waals surface area contributed by atoms with Crippen LogP contribution >= 0.6 is 0 Å². The van der Waals surface area contributed by atoms with Gasteiger partial charge in [-0.25, -0.2) is 8.42 Å². The van der Waals surface area contributed by atoms with E-state index in [2.05, 4.69) is 15.6 Å². The first-order valence-corrected chi connectivity index (χ1v) is 10.9. The molecule has 1 aliphatic rings.